The van der Waals surface area contributed by atoms with Crippen molar-refractivity contribution in [2.45, 2.75) is 12.5 Å². The van der Waals surface area contributed by atoms with E-state index in [0.717, 1.165) is 5.39 Å². The predicted molar refractivity (Wildman–Crippen MR) is 64.9 cm³/mol. The molecule has 3 rings (SSSR count). The Bertz CT molecular complexity index is 746. The monoisotopic (exact) mass is 244 g/mol. The van der Waals surface area contributed by atoms with E-state index in [1.807, 2.05) is 0 Å². The van der Waals surface area contributed by atoms with E-state index < -0.39 is 0 Å². The minimum atomic E-state index is -0.315. The van der Waals surface area contributed by atoms with E-state index in [1.165, 1.54) is 16.7 Å². The zero-order chi connectivity index (χ0) is 12.7. The lowest BCUT2D eigenvalue weighted by atomic mass is 10.1. The van der Waals surface area contributed by atoms with Crippen LogP contribution in [0.15, 0.2) is 34.2 Å². The lowest BCUT2D eigenvalue weighted by Gasteiger charge is -2.10. The Morgan fingerprint density at radius 1 is 1.44 bits per heavy atom. The number of azide groups is 1. The van der Waals surface area contributed by atoms with Crippen molar-refractivity contribution in [2.24, 2.45) is 5.11 Å². The molecule has 1 atom stereocenters. The van der Waals surface area contributed by atoms with Crippen molar-refractivity contribution < 1.29 is 4.39 Å². The third-order valence-corrected chi connectivity index (χ3v) is 3.30. The number of rotatable bonds is 2. The standard InChI is InChI=1S/C12H9FN4O/c13-10-3-1-7-2-4-11(18)17-8(6-15-16-14)5-9(10)12(7)17/h1-4,8H,5-6H2/t8-/m1/s1. The molecule has 1 aliphatic heterocycles. The normalized spacial score (nSPS) is 16.8. The molecule has 2 aromatic rings. The van der Waals surface area contributed by atoms with Crippen LogP contribution in [0.2, 0.25) is 0 Å². The van der Waals surface area contributed by atoms with E-state index in [-0.39, 0.29) is 24.0 Å². The molecule has 1 aliphatic rings. The van der Waals surface area contributed by atoms with Crippen molar-refractivity contribution in [3.05, 3.63) is 56.4 Å². The van der Waals surface area contributed by atoms with E-state index in [4.69, 9.17) is 5.53 Å². The van der Waals surface area contributed by atoms with Crippen LogP contribution in [0.5, 0.6) is 0 Å². The summed E-state index contributed by atoms with van der Waals surface area (Å²) in [7, 11) is 0. The van der Waals surface area contributed by atoms with Gasteiger partial charge in [-0.2, -0.15) is 0 Å². The van der Waals surface area contributed by atoms with Gasteiger partial charge < -0.3 is 4.57 Å². The van der Waals surface area contributed by atoms with Crippen LogP contribution in [-0.4, -0.2) is 11.1 Å². The average molecular weight is 244 g/mol. The molecule has 0 bridgehead atoms. The lowest BCUT2D eigenvalue weighted by molar-refractivity contribution is 0.528. The number of aromatic nitrogens is 1. The molecule has 2 heterocycles. The molecule has 1 aromatic carbocycles. The molecule has 6 heteroatoms. The summed E-state index contributed by atoms with van der Waals surface area (Å²) < 4.78 is 15.3. The van der Waals surface area contributed by atoms with Gasteiger partial charge in [0, 0.05) is 29.1 Å². The Hall–Kier alpha value is -2.33. The maximum Gasteiger partial charge on any atom is 0.251 e. The van der Waals surface area contributed by atoms with Crippen molar-refractivity contribution in [1.29, 1.82) is 0 Å². The summed E-state index contributed by atoms with van der Waals surface area (Å²) in [5.74, 6) is -0.315. The van der Waals surface area contributed by atoms with E-state index >= 15 is 0 Å². The fourth-order valence-corrected chi connectivity index (χ4v) is 2.56. The van der Waals surface area contributed by atoms with E-state index in [1.54, 1.807) is 12.1 Å². The molecule has 0 fully saturated rings. The fourth-order valence-electron chi connectivity index (χ4n) is 2.56. The molecule has 0 amide bonds. The zero-order valence-corrected chi connectivity index (χ0v) is 9.38. The van der Waals surface area contributed by atoms with Crippen LogP contribution in [-0.2, 0) is 6.42 Å². The summed E-state index contributed by atoms with van der Waals surface area (Å²) in [5.41, 5.74) is 9.33. The summed E-state index contributed by atoms with van der Waals surface area (Å²) in [5, 5.41) is 4.32. The van der Waals surface area contributed by atoms with Gasteiger partial charge >= 0.3 is 0 Å². The highest BCUT2D eigenvalue weighted by atomic mass is 19.1. The van der Waals surface area contributed by atoms with Crippen LogP contribution in [0.1, 0.15) is 11.6 Å². The molecule has 0 unspecified atom stereocenters. The van der Waals surface area contributed by atoms with Crippen LogP contribution in [0.3, 0.4) is 0 Å². The maximum atomic E-state index is 13.8. The molecular formula is C12H9FN4O. The molecule has 1 aromatic heterocycles. The van der Waals surface area contributed by atoms with E-state index in [0.29, 0.717) is 17.5 Å². The number of benzene rings is 1. The minimum absolute atomic E-state index is 0.156. The van der Waals surface area contributed by atoms with Gasteiger partial charge in [0.25, 0.3) is 5.56 Å². The van der Waals surface area contributed by atoms with Crippen LogP contribution in [0.25, 0.3) is 21.3 Å². The molecule has 0 saturated carbocycles. The minimum Gasteiger partial charge on any atom is -0.304 e. The summed E-state index contributed by atoms with van der Waals surface area (Å²) in [4.78, 5) is 14.6. The summed E-state index contributed by atoms with van der Waals surface area (Å²) in [6.07, 6.45) is 0.390. The maximum absolute atomic E-state index is 13.8. The van der Waals surface area contributed by atoms with Gasteiger partial charge in [0.15, 0.2) is 0 Å². The van der Waals surface area contributed by atoms with Crippen molar-refractivity contribution in [3.63, 3.8) is 0 Å². The molecule has 0 aliphatic carbocycles. The van der Waals surface area contributed by atoms with E-state index in [9.17, 15) is 9.18 Å². The molecule has 0 spiro atoms. The quantitative estimate of drug-likeness (QED) is 0.454. The first kappa shape index (κ1) is 10.8. The van der Waals surface area contributed by atoms with Crippen molar-refractivity contribution >= 4 is 10.9 Å². The Morgan fingerprint density at radius 2 is 2.22 bits per heavy atom. The van der Waals surface area contributed by atoms with Gasteiger partial charge in [0.2, 0.25) is 0 Å². The van der Waals surface area contributed by atoms with Gasteiger partial charge in [-0.25, -0.2) is 4.39 Å². The Labute approximate surface area is 101 Å². The van der Waals surface area contributed by atoms with Gasteiger partial charge in [-0.1, -0.05) is 5.11 Å². The fraction of sp³-hybridized carbons (Fsp3) is 0.250. The molecule has 18 heavy (non-hydrogen) atoms. The first-order valence-corrected chi connectivity index (χ1v) is 5.56. The van der Waals surface area contributed by atoms with Gasteiger partial charge in [-0.05, 0) is 35.5 Å². The Balaban J connectivity index is 2.31. The number of pyridine rings is 1. The van der Waals surface area contributed by atoms with Gasteiger partial charge in [-0.3, -0.25) is 4.79 Å². The first-order valence-electron chi connectivity index (χ1n) is 5.56. The Kier molecular flexibility index (Phi) is 2.31. The van der Waals surface area contributed by atoms with Crippen LogP contribution >= 0.6 is 0 Å². The highest BCUT2D eigenvalue weighted by Gasteiger charge is 2.26. The molecule has 5 nitrogen and oxygen atoms in total. The smallest absolute Gasteiger partial charge is 0.251 e. The molecule has 0 N–H and O–H groups in total. The second-order valence-electron chi connectivity index (χ2n) is 4.28. The van der Waals surface area contributed by atoms with Crippen LogP contribution in [0, 0.1) is 5.82 Å². The number of hydrogen-bond donors (Lipinski definition) is 0. The van der Waals surface area contributed by atoms with Crippen LogP contribution in [0.4, 0.5) is 4.39 Å². The predicted octanol–water partition coefficient (Wildman–Crippen LogP) is 2.55. The molecule has 0 saturated heterocycles. The Morgan fingerprint density at radius 3 is 3.00 bits per heavy atom. The van der Waals surface area contributed by atoms with E-state index in [2.05, 4.69) is 10.0 Å². The second kappa shape index (κ2) is 3.85. The summed E-state index contributed by atoms with van der Waals surface area (Å²) >= 11 is 0. The third kappa shape index (κ3) is 1.39. The lowest BCUT2D eigenvalue weighted by Crippen LogP contribution is -2.23. The van der Waals surface area contributed by atoms with Gasteiger partial charge in [0.1, 0.15) is 5.82 Å². The molecular weight excluding hydrogens is 235 g/mol. The highest BCUT2D eigenvalue weighted by Crippen LogP contribution is 2.32. The average Bonchev–Trinajstić information content (AvgIpc) is 2.76. The number of halogens is 1. The van der Waals surface area contributed by atoms with Crippen LogP contribution < -0.4 is 5.56 Å². The summed E-state index contributed by atoms with van der Waals surface area (Å²) in [6, 6.07) is 5.91. The van der Waals surface area contributed by atoms with Crippen molar-refractivity contribution in [2.75, 3.05) is 6.54 Å². The first-order chi connectivity index (χ1) is 8.72. The van der Waals surface area contributed by atoms with Gasteiger partial charge in [-0.15, -0.1) is 0 Å². The van der Waals surface area contributed by atoms with Gasteiger partial charge in [0.05, 0.1) is 5.52 Å². The second-order valence-corrected chi connectivity index (χ2v) is 4.28. The third-order valence-electron chi connectivity index (χ3n) is 3.30. The molecule has 0 radical (unpaired) electrons. The largest absolute Gasteiger partial charge is 0.304 e. The number of nitrogens with zero attached hydrogens (tertiary/aromatic N) is 4. The topological polar surface area (TPSA) is 70.8 Å². The summed E-state index contributed by atoms with van der Waals surface area (Å²) in [6.45, 7) is 0.156. The molecule has 90 valence electrons. The SMILES string of the molecule is [N-]=[N+]=NC[C@H]1Cc2c(F)ccc3ccc(=O)n1c23. The highest BCUT2D eigenvalue weighted by molar-refractivity contribution is 5.84. The van der Waals surface area contributed by atoms with Crippen molar-refractivity contribution in [1.82, 2.24) is 4.57 Å². The van der Waals surface area contributed by atoms with Crippen molar-refractivity contribution in [3.8, 4) is 0 Å². The zero-order valence-electron chi connectivity index (χ0n) is 9.38. The number of hydrogen-bond acceptors (Lipinski definition) is 2.